The van der Waals surface area contributed by atoms with Crippen LogP contribution in [0.5, 0.6) is 0 Å². The van der Waals surface area contributed by atoms with E-state index in [1.165, 1.54) is 25.7 Å². The van der Waals surface area contributed by atoms with Crippen LogP contribution in [0.2, 0.25) is 0 Å². The Kier molecular flexibility index (Phi) is 4.57. The summed E-state index contributed by atoms with van der Waals surface area (Å²) in [4.78, 5) is 6.73. The molecule has 2 rings (SSSR count). The lowest BCUT2D eigenvalue weighted by atomic mass is 10.1. The summed E-state index contributed by atoms with van der Waals surface area (Å²) in [6, 6.07) is 0.320. The quantitative estimate of drug-likeness (QED) is 0.872. The Hall–Kier alpha value is -0.870. The standard InChI is InChI=1S/C13H23N3O/c1-11-13(17-10-15-11)12(6-7-14)16-8-4-2-3-5-9-16/h10,12H,2-9,14H2,1H3. The SMILES string of the molecule is Cc1ncoc1C(CCN)N1CCCCCC1. The fourth-order valence-electron chi connectivity index (χ4n) is 2.67. The lowest BCUT2D eigenvalue weighted by Gasteiger charge is -2.29. The maximum Gasteiger partial charge on any atom is 0.181 e. The van der Waals surface area contributed by atoms with E-state index >= 15 is 0 Å². The van der Waals surface area contributed by atoms with Gasteiger partial charge in [-0.05, 0) is 45.8 Å². The van der Waals surface area contributed by atoms with Crippen molar-refractivity contribution in [1.29, 1.82) is 0 Å². The molecule has 0 saturated carbocycles. The second-order valence-electron chi connectivity index (χ2n) is 4.85. The summed E-state index contributed by atoms with van der Waals surface area (Å²) >= 11 is 0. The minimum atomic E-state index is 0.320. The van der Waals surface area contributed by atoms with Gasteiger partial charge in [0, 0.05) is 0 Å². The van der Waals surface area contributed by atoms with E-state index in [-0.39, 0.29) is 0 Å². The number of hydrogen-bond donors (Lipinski definition) is 1. The van der Waals surface area contributed by atoms with Crippen LogP contribution in [0.4, 0.5) is 0 Å². The maximum absolute atomic E-state index is 5.74. The number of nitrogens with two attached hydrogens (primary N) is 1. The zero-order valence-corrected chi connectivity index (χ0v) is 10.7. The van der Waals surface area contributed by atoms with Gasteiger partial charge in [-0.1, -0.05) is 12.8 Å². The molecular formula is C13H23N3O. The lowest BCUT2D eigenvalue weighted by Crippen LogP contribution is -2.31. The lowest BCUT2D eigenvalue weighted by molar-refractivity contribution is 0.172. The van der Waals surface area contributed by atoms with Gasteiger partial charge in [-0.25, -0.2) is 4.98 Å². The Morgan fingerprint density at radius 1 is 1.35 bits per heavy atom. The largest absolute Gasteiger partial charge is 0.447 e. The van der Waals surface area contributed by atoms with Crippen LogP contribution in [0, 0.1) is 6.92 Å². The average Bonchev–Trinajstić information content (AvgIpc) is 2.60. The summed E-state index contributed by atoms with van der Waals surface area (Å²) in [5, 5.41) is 0. The van der Waals surface area contributed by atoms with E-state index in [1.54, 1.807) is 6.39 Å². The molecule has 2 heterocycles. The predicted octanol–water partition coefficient (Wildman–Crippen LogP) is 2.25. The van der Waals surface area contributed by atoms with Crippen molar-refractivity contribution in [2.24, 2.45) is 5.73 Å². The van der Waals surface area contributed by atoms with E-state index in [4.69, 9.17) is 10.2 Å². The Bertz CT molecular complexity index is 329. The number of aromatic nitrogens is 1. The molecule has 1 fully saturated rings. The summed E-state index contributed by atoms with van der Waals surface area (Å²) in [5.74, 6) is 1.01. The number of hydrogen-bond acceptors (Lipinski definition) is 4. The Morgan fingerprint density at radius 2 is 2.06 bits per heavy atom. The zero-order valence-electron chi connectivity index (χ0n) is 10.7. The molecule has 1 aromatic rings. The molecule has 96 valence electrons. The molecule has 0 aromatic carbocycles. The molecule has 0 amide bonds. The molecule has 0 aliphatic carbocycles. The smallest absolute Gasteiger partial charge is 0.181 e. The second-order valence-corrected chi connectivity index (χ2v) is 4.85. The molecule has 1 unspecified atom stereocenters. The second kappa shape index (κ2) is 6.17. The van der Waals surface area contributed by atoms with Gasteiger partial charge in [-0.15, -0.1) is 0 Å². The summed E-state index contributed by atoms with van der Waals surface area (Å²) in [6.45, 7) is 5.02. The third-order valence-electron chi connectivity index (χ3n) is 3.61. The van der Waals surface area contributed by atoms with Gasteiger partial charge < -0.3 is 10.2 Å². The number of oxazole rings is 1. The highest BCUT2D eigenvalue weighted by Crippen LogP contribution is 2.28. The Morgan fingerprint density at radius 3 is 2.59 bits per heavy atom. The first-order valence-electron chi connectivity index (χ1n) is 6.67. The highest BCUT2D eigenvalue weighted by atomic mass is 16.3. The molecule has 1 atom stereocenters. The molecule has 1 aliphatic rings. The zero-order chi connectivity index (χ0) is 12.1. The molecule has 17 heavy (non-hydrogen) atoms. The monoisotopic (exact) mass is 237 g/mol. The van der Waals surface area contributed by atoms with Gasteiger partial charge in [-0.2, -0.15) is 0 Å². The molecule has 2 N–H and O–H groups in total. The normalized spacial score (nSPS) is 20.1. The minimum Gasteiger partial charge on any atom is -0.447 e. The van der Waals surface area contributed by atoms with E-state index in [2.05, 4.69) is 9.88 Å². The predicted molar refractivity (Wildman–Crippen MR) is 67.7 cm³/mol. The summed E-state index contributed by atoms with van der Waals surface area (Å²) in [5.41, 5.74) is 6.75. The molecular weight excluding hydrogens is 214 g/mol. The molecule has 4 nitrogen and oxygen atoms in total. The van der Waals surface area contributed by atoms with Gasteiger partial charge in [0.2, 0.25) is 0 Å². The molecule has 1 aromatic heterocycles. The van der Waals surface area contributed by atoms with Crippen molar-refractivity contribution in [2.45, 2.75) is 45.1 Å². The molecule has 4 heteroatoms. The van der Waals surface area contributed by atoms with Gasteiger partial charge in [0.25, 0.3) is 0 Å². The number of nitrogens with zero attached hydrogens (tertiary/aromatic N) is 2. The van der Waals surface area contributed by atoms with E-state index < -0.39 is 0 Å². The first-order chi connectivity index (χ1) is 8.33. The molecule has 1 aliphatic heterocycles. The highest BCUT2D eigenvalue weighted by molar-refractivity contribution is 5.10. The summed E-state index contributed by atoms with van der Waals surface area (Å²) in [6.07, 6.45) is 7.77. The summed E-state index contributed by atoms with van der Waals surface area (Å²) in [7, 11) is 0. The van der Waals surface area contributed by atoms with Gasteiger partial charge >= 0.3 is 0 Å². The molecule has 1 saturated heterocycles. The molecule has 0 bridgehead atoms. The van der Waals surface area contributed by atoms with Crippen LogP contribution >= 0.6 is 0 Å². The third-order valence-corrected chi connectivity index (χ3v) is 3.61. The average molecular weight is 237 g/mol. The van der Waals surface area contributed by atoms with Crippen molar-refractivity contribution < 1.29 is 4.42 Å². The van der Waals surface area contributed by atoms with Crippen LogP contribution < -0.4 is 5.73 Å². The van der Waals surface area contributed by atoms with Crippen molar-refractivity contribution in [3.63, 3.8) is 0 Å². The van der Waals surface area contributed by atoms with Crippen LogP contribution in [0.15, 0.2) is 10.8 Å². The highest BCUT2D eigenvalue weighted by Gasteiger charge is 2.25. The van der Waals surface area contributed by atoms with E-state index in [0.717, 1.165) is 31.0 Å². The topological polar surface area (TPSA) is 55.3 Å². The van der Waals surface area contributed by atoms with Crippen molar-refractivity contribution >= 4 is 0 Å². The third kappa shape index (κ3) is 3.07. The van der Waals surface area contributed by atoms with Crippen molar-refractivity contribution in [3.05, 3.63) is 17.8 Å². The summed E-state index contributed by atoms with van der Waals surface area (Å²) < 4.78 is 5.56. The van der Waals surface area contributed by atoms with Gasteiger partial charge in [-0.3, -0.25) is 4.90 Å². The fraction of sp³-hybridized carbons (Fsp3) is 0.769. The van der Waals surface area contributed by atoms with Crippen LogP contribution in [0.25, 0.3) is 0 Å². The van der Waals surface area contributed by atoms with Crippen molar-refractivity contribution in [3.8, 4) is 0 Å². The van der Waals surface area contributed by atoms with Crippen LogP contribution in [0.1, 0.15) is 49.6 Å². The van der Waals surface area contributed by atoms with Gasteiger partial charge in [0.05, 0.1) is 11.7 Å². The van der Waals surface area contributed by atoms with Crippen molar-refractivity contribution in [1.82, 2.24) is 9.88 Å². The van der Waals surface area contributed by atoms with E-state index in [1.807, 2.05) is 6.92 Å². The number of likely N-dealkylation sites (tertiary alicyclic amines) is 1. The Labute approximate surface area is 103 Å². The van der Waals surface area contributed by atoms with Crippen LogP contribution in [-0.4, -0.2) is 29.5 Å². The van der Waals surface area contributed by atoms with Gasteiger partial charge in [0.1, 0.15) is 5.76 Å². The van der Waals surface area contributed by atoms with Crippen LogP contribution in [0.3, 0.4) is 0 Å². The van der Waals surface area contributed by atoms with Gasteiger partial charge in [0.15, 0.2) is 6.39 Å². The van der Waals surface area contributed by atoms with Crippen molar-refractivity contribution in [2.75, 3.05) is 19.6 Å². The number of aryl methyl sites for hydroxylation is 1. The molecule has 0 radical (unpaired) electrons. The first kappa shape index (κ1) is 12.6. The number of rotatable bonds is 4. The molecule has 0 spiro atoms. The maximum atomic E-state index is 5.74. The fourth-order valence-corrected chi connectivity index (χ4v) is 2.67. The van der Waals surface area contributed by atoms with Crippen LogP contribution in [-0.2, 0) is 0 Å². The Balaban J connectivity index is 2.13. The van der Waals surface area contributed by atoms with E-state index in [0.29, 0.717) is 12.6 Å². The van der Waals surface area contributed by atoms with E-state index in [9.17, 15) is 0 Å². The minimum absolute atomic E-state index is 0.320. The first-order valence-corrected chi connectivity index (χ1v) is 6.67.